The average Bonchev–Trinajstić information content (AvgIpc) is 2.91. The zero-order valence-electron chi connectivity index (χ0n) is 19.9. The van der Waals surface area contributed by atoms with Gasteiger partial charge in [-0.1, -0.05) is 24.3 Å². The van der Waals surface area contributed by atoms with Gasteiger partial charge in [-0.3, -0.25) is 19.7 Å². The number of benzene rings is 3. The third kappa shape index (κ3) is 5.73. The van der Waals surface area contributed by atoms with Crippen molar-refractivity contribution in [3.05, 3.63) is 95.3 Å². The van der Waals surface area contributed by atoms with E-state index >= 15 is 0 Å². The third-order valence-electron chi connectivity index (χ3n) is 5.36. The van der Waals surface area contributed by atoms with E-state index < -0.39 is 35.5 Å². The molecule has 0 spiro atoms. The van der Waals surface area contributed by atoms with E-state index in [2.05, 4.69) is 15.4 Å². The molecule has 3 aromatic carbocycles. The van der Waals surface area contributed by atoms with Crippen LogP contribution in [0.25, 0.3) is 6.08 Å². The predicted molar refractivity (Wildman–Crippen MR) is 134 cm³/mol. The van der Waals surface area contributed by atoms with E-state index in [1.165, 1.54) is 67.8 Å². The van der Waals surface area contributed by atoms with Gasteiger partial charge in [-0.25, -0.2) is 18.9 Å². The van der Waals surface area contributed by atoms with Crippen LogP contribution in [-0.2, 0) is 19.1 Å². The van der Waals surface area contributed by atoms with Gasteiger partial charge >= 0.3 is 12.0 Å². The van der Waals surface area contributed by atoms with Crippen molar-refractivity contribution in [1.82, 2.24) is 5.32 Å². The number of hydrogen-bond acceptors (Lipinski definition) is 7. The second-order valence-electron chi connectivity index (χ2n) is 7.88. The highest BCUT2D eigenvalue weighted by atomic mass is 19.1. The molecule has 11 heteroatoms. The van der Waals surface area contributed by atoms with Crippen molar-refractivity contribution < 1.29 is 37.8 Å². The maximum Gasteiger partial charge on any atom is 0.337 e. The number of methoxy groups -OCH3 is 1. The van der Waals surface area contributed by atoms with Crippen molar-refractivity contribution in [2.45, 2.75) is 0 Å². The first-order valence-corrected chi connectivity index (χ1v) is 11.1. The minimum atomic E-state index is -0.930. The van der Waals surface area contributed by atoms with Crippen LogP contribution >= 0.6 is 0 Å². The fourth-order valence-corrected chi connectivity index (χ4v) is 3.48. The molecule has 0 saturated carbocycles. The third-order valence-corrected chi connectivity index (χ3v) is 5.36. The highest BCUT2D eigenvalue weighted by molar-refractivity contribution is 6.39. The number of urea groups is 1. The van der Waals surface area contributed by atoms with Crippen molar-refractivity contribution in [3.8, 4) is 5.75 Å². The molecule has 1 saturated heterocycles. The Labute approximate surface area is 215 Å². The molecule has 0 unspecified atom stereocenters. The Morgan fingerprint density at radius 2 is 1.66 bits per heavy atom. The summed E-state index contributed by atoms with van der Waals surface area (Å²) in [6.45, 7) is -0.374. The molecule has 0 radical (unpaired) electrons. The summed E-state index contributed by atoms with van der Waals surface area (Å²) in [5.74, 6) is -3.12. The van der Waals surface area contributed by atoms with E-state index in [1.54, 1.807) is 18.2 Å². The van der Waals surface area contributed by atoms with Gasteiger partial charge in [0.15, 0.2) is 6.61 Å². The Bertz CT molecular complexity index is 1450. The molecule has 4 rings (SSSR count). The zero-order chi connectivity index (χ0) is 27.2. The van der Waals surface area contributed by atoms with Gasteiger partial charge in [-0.05, 0) is 60.2 Å². The molecule has 2 N–H and O–H groups in total. The largest absolute Gasteiger partial charge is 0.484 e. The van der Waals surface area contributed by atoms with Gasteiger partial charge in [-0.2, -0.15) is 0 Å². The Morgan fingerprint density at radius 3 is 2.32 bits per heavy atom. The van der Waals surface area contributed by atoms with Crippen molar-refractivity contribution in [2.24, 2.45) is 0 Å². The van der Waals surface area contributed by atoms with Gasteiger partial charge in [0.25, 0.3) is 17.7 Å². The van der Waals surface area contributed by atoms with Crippen molar-refractivity contribution in [2.75, 3.05) is 23.9 Å². The molecule has 1 heterocycles. The second-order valence-corrected chi connectivity index (χ2v) is 7.88. The molecule has 0 bridgehead atoms. The molecule has 1 aliphatic rings. The lowest BCUT2D eigenvalue weighted by molar-refractivity contribution is -0.122. The monoisotopic (exact) mass is 517 g/mol. The van der Waals surface area contributed by atoms with Crippen LogP contribution in [0.1, 0.15) is 15.9 Å². The van der Waals surface area contributed by atoms with Gasteiger partial charge in [-0.15, -0.1) is 0 Å². The number of amides is 5. The molecule has 0 atom stereocenters. The topological polar surface area (TPSA) is 131 Å². The molecular formula is C27H20FN3O7. The lowest BCUT2D eigenvalue weighted by atomic mass is 10.1. The van der Waals surface area contributed by atoms with Gasteiger partial charge in [0, 0.05) is 0 Å². The lowest BCUT2D eigenvalue weighted by Gasteiger charge is -2.26. The van der Waals surface area contributed by atoms with Gasteiger partial charge in [0.05, 0.1) is 24.0 Å². The van der Waals surface area contributed by atoms with E-state index in [1.807, 2.05) is 0 Å². The number of imide groups is 2. The van der Waals surface area contributed by atoms with E-state index in [9.17, 15) is 28.4 Å². The Kier molecular flexibility index (Phi) is 7.57. The Hall–Kier alpha value is -5.32. The zero-order valence-corrected chi connectivity index (χ0v) is 19.9. The molecule has 1 aliphatic heterocycles. The average molecular weight is 517 g/mol. The minimum absolute atomic E-state index is 0.0328. The highest BCUT2D eigenvalue weighted by Crippen LogP contribution is 2.23. The number of esters is 1. The van der Waals surface area contributed by atoms with Gasteiger partial charge < -0.3 is 14.8 Å². The first kappa shape index (κ1) is 25.8. The van der Waals surface area contributed by atoms with Crippen LogP contribution in [0.15, 0.2) is 78.4 Å². The van der Waals surface area contributed by atoms with Crippen LogP contribution < -0.4 is 20.3 Å². The number of anilines is 2. The number of nitrogens with zero attached hydrogens (tertiary/aromatic N) is 1. The first-order valence-electron chi connectivity index (χ1n) is 11.1. The Balaban J connectivity index is 1.44. The molecule has 192 valence electrons. The lowest BCUT2D eigenvalue weighted by Crippen LogP contribution is -2.54. The number of para-hydroxylation sites is 1. The maximum atomic E-state index is 13.7. The normalized spacial score (nSPS) is 14.2. The van der Waals surface area contributed by atoms with E-state index in [4.69, 9.17) is 4.74 Å². The second kappa shape index (κ2) is 11.2. The molecule has 3 aromatic rings. The number of rotatable bonds is 7. The molecule has 0 aliphatic carbocycles. The summed E-state index contributed by atoms with van der Waals surface area (Å²) in [5, 5.41) is 4.52. The molecule has 38 heavy (non-hydrogen) atoms. The van der Waals surface area contributed by atoms with Crippen LogP contribution in [0.3, 0.4) is 0 Å². The summed E-state index contributed by atoms with van der Waals surface area (Å²) >= 11 is 0. The number of halogens is 1. The number of carbonyl (C=O) groups excluding carboxylic acids is 5. The predicted octanol–water partition coefficient (Wildman–Crippen LogP) is 3.30. The molecule has 10 nitrogen and oxygen atoms in total. The maximum absolute atomic E-state index is 13.7. The fraction of sp³-hybridized carbons (Fsp3) is 0.0741. The number of barbiturate groups is 1. The summed E-state index contributed by atoms with van der Waals surface area (Å²) in [6, 6.07) is 16.5. The molecule has 5 amide bonds. The SMILES string of the molecule is COC(=O)c1ccc(N2C(=O)NC(=O)/C(=C/c3ccc(OCC(=O)Nc4ccccc4F)cc3)C2=O)cc1. The van der Waals surface area contributed by atoms with Crippen LogP contribution in [0.5, 0.6) is 5.75 Å². The summed E-state index contributed by atoms with van der Waals surface area (Å²) in [4.78, 5) is 62.2. The smallest absolute Gasteiger partial charge is 0.337 e. The van der Waals surface area contributed by atoms with Crippen LogP contribution in [-0.4, -0.2) is 43.4 Å². The van der Waals surface area contributed by atoms with Gasteiger partial charge in [0.1, 0.15) is 17.1 Å². The summed E-state index contributed by atoms with van der Waals surface area (Å²) in [7, 11) is 1.23. The fourth-order valence-electron chi connectivity index (χ4n) is 3.48. The molecular weight excluding hydrogens is 497 g/mol. The highest BCUT2D eigenvalue weighted by Gasteiger charge is 2.36. The van der Waals surface area contributed by atoms with Gasteiger partial charge in [0.2, 0.25) is 0 Å². The number of nitrogens with one attached hydrogen (secondary N) is 2. The Morgan fingerprint density at radius 1 is 0.974 bits per heavy atom. The summed E-state index contributed by atoms with van der Waals surface area (Å²) in [6.07, 6.45) is 1.30. The quantitative estimate of drug-likeness (QED) is 0.279. The number of ether oxygens (including phenoxy) is 2. The van der Waals surface area contributed by atoms with E-state index in [-0.39, 0.29) is 29.1 Å². The van der Waals surface area contributed by atoms with E-state index in [0.29, 0.717) is 11.3 Å². The standard InChI is InChI=1S/C27H20FN3O7/c1-37-26(35)17-8-10-18(11-9-17)31-25(34)20(24(33)30-27(31)36)14-16-6-12-19(13-7-16)38-15-23(32)29-22-5-3-2-4-21(22)28/h2-14H,15H2,1H3,(H,29,32)(H,30,33,36)/b20-14-. The summed E-state index contributed by atoms with van der Waals surface area (Å²) < 4.78 is 23.7. The van der Waals surface area contributed by atoms with Crippen LogP contribution in [0, 0.1) is 5.82 Å². The summed E-state index contributed by atoms with van der Waals surface area (Å²) in [5.41, 5.74) is 0.558. The minimum Gasteiger partial charge on any atom is -0.484 e. The number of carbonyl (C=O) groups is 5. The number of hydrogen-bond donors (Lipinski definition) is 2. The van der Waals surface area contributed by atoms with Crippen molar-refractivity contribution in [3.63, 3.8) is 0 Å². The van der Waals surface area contributed by atoms with Crippen molar-refractivity contribution in [1.29, 1.82) is 0 Å². The molecule has 0 aromatic heterocycles. The van der Waals surface area contributed by atoms with Crippen LogP contribution in [0.4, 0.5) is 20.6 Å². The van der Waals surface area contributed by atoms with Crippen molar-refractivity contribution >= 4 is 47.2 Å². The van der Waals surface area contributed by atoms with E-state index in [0.717, 1.165) is 4.90 Å². The molecule has 1 fully saturated rings. The van der Waals surface area contributed by atoms with Crippen LogP contribution in [0.2, 0.25) is 0 Å². The first-order chi connectivity index (χ1) is 18.3.